The molecule has 0 aliphatic heterocycles. The molecule has 1 N–H and O–H groups in total. The van der Waals surface area contributed by atoms with Gasteiger partial charge in [-0.25, -0.2) is 9.97 Å². The van der Waals surface area contributed by atoms with Crippen LogP contribution < -0.4 is 5.32 Å². The van der Waals surface area contributed by atoms with Gasteiger partial charge in [-0.3, -0.25) is 14.9 Å². The molecule has 0 atom stereocenters. The number of carbonyl (C=O) groups is 1. The van der Waals surface area contributed by atoms with Gasteiger partial charge < -0.3 is 5.32 Å². The molecule has 0 fully saturated rings. The zero-order valence-electron chi connectivity index (χ0n) is 10.3. The highest BCUT2D eigenvalue weighted by Crippen LogP contribution is 2.20. The van der Waals surface area contributed by atoms with Crippen LogP contribution in [0.5, 0.6) is 0 Å². The van der Waals surface area contributed by atoms with Crippen LogP contribution in [0.15, 0.2) is 30.6 Å². The molecule has 1 heterocycles. The van der Waals surface area contributed by atoms with Gasteiger partial charge in [0.05, 0.1) is 17.3 Å². The maximum Gasteiger partial charge on any atom is 0.282 e. The van der Waals surface area contributed by atoms with Crippen LogP contribution in [-0.2, 0) is 0 Å². The van der Waals surface area contributed by atoms with Gasteiger partial charge in [-0.1, -0.05) is 17.7 Å². The lowest BCUT2D eigenvalue weighted by atomic mass is 10.1. The van der Waals surface area contributed by atoms with Crippen LogP contribution in [0.3, 0.4) is 0 Å². The van der Waals surface area contributed by atoms with Crippen LogP contribution in [0.25, 0.3) is 0 Å². The van der Waals surface area contributed by atoms with Gasteiger partial charge in [0.2, 0.25) is 0 Å². The summed E-state index contributed by atoms with van der Waals surface area (Å²) >= 11 is 5.58. The minimum Gasteiger partial charge on any atom is -0.305 e. The zero-order valence-corrected chi connectivity index (χ0v) is 11.1. The van der Waals surface area contributed by atoms with Gasteiger partial charge in [0.15, 0.2) is 5.82 Å². The number of nitro benzene ring substituents is 1. The molecule has 2 rings (SSSR count). The Balaban J connectivity index is 2.31. The van der Waals surface area contributed by atoms with Crippen LogP contribution in [0, 0.1) is 17.0 Å². The summed E-state index contributed by atoms with van der Waals surface area (Å²) in [5.74, 6) is -0.466. The number of benzene rings is 1. The van der Waals surface area contributed by atoms with E-state index in [0.717, 1.165) is 5.56 Å². The van der Waals surface area contributed by atoms with E-state index in [-0.39, 0.29) is 22.2 Å². The third-order valence-corrected chi connectivity index (χ3v) is 2.65. The molecule has 102 valence electrons. The Hall–Kier alpha value is -2.54. The zero-order chi connectivity index (χ0) is 14.7. The second-order valence-corrected chi connectivity index (χ2v) is 4.34. The Kier molecular flexibility index (Phi) is 3.90. The molecule has 7 nitrogen and oxygen atoms in total. The molecule has 0 saturated carbocycles. The first-order valence-electron chi connectivity index (χ1n) is 5.51. The van der Waals surface area contributed by atoms with Gasteiger partial charge in [0.25, 0.3) is 11.6 Å². The fourth-order valence-corrected chi connectivity index (χ4v) is 1.65. The Bertz CT molecular complexity index is 673. The number of halogens is 1. The Morgan fingerprint density at radius 1 is 1.35 bits per heavy atom. The molecule has 0 bridgehead atoms. The number of rotatable bonds is 3. The fourth-order valence-electron chi connectivity index (χ4n) is 1.55. The first kappa shape index (κ1) is 13.9. The molecule has 1 amide bonds. The smallest absolute Gasteiger partial charge is 0.282 e. The monoisotopic (exact) mass is 292 g/mol. The van der Waals surface area contributed by atoms with Crippen molar-refractivity contribution in [1.29, 1.82) is 0 Å². The summed E-state index contributed by atoms with van der Waals surface area (Å²) in [6.07, 6.45) is 2.53. The van der Waals surface area contributed by atoms with Crippen LogP contribution in [0.2, 0.25) is 5.15 Å². The van der Waals surface area contributed by atoms with E-state index in [9.17, 15) is 14.9 Å². The van der Waals surface area contributed by atoms with Crippen LogP contribution in [-0.4, -0.2) is 20.8 Å². The van der Waals surface area contributed by atoms with E-state index in [2.05, 4.69) is 15.3 Å². The van der Waals surface area contributed by atoms with E-state index in [1.807, 2.05) is 0 Å². The number of hydrogen-bond donors (Lipinski definition) is 1. The van der Waals surface area contributed by atoms with E-state index < -0.39 is 10.8 Å². The number of nitro groups is 1. The average Bonchev–Trinajstić information content (AvgIpc) is 2.41. The minimum atomic E-state index is -0.628. The lowest BCUT2D eigenvalue weighted by Crippen LogP contribution is -2.15. The predicted octanol–water partition coefficient (Wildman–Crippen LogP) is 2.60. The van der Waals surface area contributed by atoms with Crippen molar-refractivity contribution in [2.24, 2.45) is 0 Å². The number of hydrogen-bond acceptors (Lipinski definition) is 5. The van der Waals surface area contributed by atoms with Crippen LogP contribution in [0.4, 0.5) is 11.5 Å². The summed E-state index contributed by atoms with van der Waals surface area (Å²) in [6.45, 7) is 1.74. The molecule has 2 aromatic rings. The Morgan fingerprint density at radius 3 is 2.70 bits per heavy atom. The largest absolute Gasteiger partial charge is 0.305 e. The normalized spacial score (nSPS) is 10.1. The van der Waals surface area contributed by atoms with Crippen molar-refractivity contribution in [3.63, 3.8) is 0 Å². The standard InChI is InChI=1S/C12H9ClN4O3/c1-7-2-3-9(17(19)20)8(4-7)12(18)16-11-6-14-10(13)5-15-11/h2-6H,1H3,(H,15,16,18). The van der Waals surface area contributed by atoms with Crippen molar-refractivity contribution < 1.29 is 9.72 Å². The van der Waals surface area contributed by atoms with Gasteiger partial charge in [-0.2, -0.15) is 0 Å². The summed E-state index contributed by atoms with van der Waals surface area (Å²) in [5, 5.41) is 13.5. The van der Waals surface area contributed by atoms with E-state index in [4.69, 9.17) is 11.6 Å². The topological polar surface area (TPSA) is 98.0 Å². The van der Waals surface area contributed by atoms with Gasteiger partial charge >= 0.3 is 0 Å². The van der Waals surface area contributed by atoms with Crippen molar-refractivity contribution in [1.82, 2.24) is 9.97 Å². The summed E-state index contributed by atoms with van der Waals surface area (Å²) in [5.41, 5.74) is 0.435. The van der Waals surface area contributed by atoms with Crippen LogP contribution >= 0.6 is 11.6 Å². The highest BCUT2D eigenvalue weighted by Gasteiger charge is 2.20. The maximum absolute atomic E-state index is 12.1. The second kappa shape index (κ2) is 5.62. The molecular formula is C12H9ClN4O3. The highest BCUT2D eigenvalue weighted by atomic mass is 35.5. The minimum absolute atomic E-state index is 0.0354. The van der Waals surface area contributed by atoms with Gasteiger partial charge in [-0.15, -0.1) is 0 Å². The summed E-state index contributed by atoms with van der Waals surface area (Å²) in [6, 6.07) is 4.30. The quantitative estimate of drug-likeness (QED) is 0.692. The number of nitrogens with one attached hydrogen (secondary N) is 1. The molecular weight excluding hydrogens is 284 g/mol. The molecule has 0 saturated heterocycles. The fraction of sp³-hybridized carbons (Fsp3) is 0.0833. The van der Waals surface area contributed by atoms with E-state index in [0.29, 0.717) is 0 Å². The molecule has 20 heavy (non-hydrogen) atoms. The summed E-state index contributed by atoms with van der Waals surface area (Å²) < 4.78 is 0. The maximum atomic E-state index is 12.1. The third kappa shape index (κ3) is 3.07. The number of aryl methyl sites for hydroxylation is 1. The molecule has 1 aromatic heterocycles. The third-order valence-electron chi connectivity index (χ3n) is 2.46. The summed E-state index contributed by atoms with van der Waals surface area (Å²) in [4.78, 5) is 30.0. The van der Waals surface area contributed by atoms with Crippen molar-refractivity contribution in [2.75, 3.05) is 5.32 Å². The van der Waals surface area contributed by atoms with Crippen molar-refractivity contribution in [2.45, 2.75) is 6.92 Å². The Morgan fingerprint density at radius 2 is 2.10 bits per heavy atom. The first-order chi connectivity index (χ1) is 9.47. The van der Waals surface area contributed by atoms with E-state index in [1.54, 1.807) is 13.0 Å². The molecule has 1 aromatic carbocycles. The predicted molar refractivity (Wildman–Crippen MR) is 72.8 cm³/mol. The highest BCUT2D eigenvalue weighted by molar-refractivity contribution is 6.29. The molecule has 8 heteroatoms. The van der Waals surface area contributed by atoms with Gasteiger partial charge in [-0.05, 0) is 18.6 Å². The number of anilines is 1. The molecule has 0 radical (unpaired) electrons. The number of aromatic nitrogens is 2. The molecule has 0 aliphatic rings. The van der Waals surface area contributed by atoms with E-state index >= 15 is 0 Å². The van der Waals surface area contributed by atoms with Crippen molar-refractivity contribution >= 4 is 29.0 Å². The lowest BCUT2D eigenvalue weighted by molar-refractivity contribution is -0.385. The van der Waals surface area contributed by atoms with Crippen LogP contribution in [0.1, 0.15) is 15.9 Å². The molecule has 0 unspecified atom stereocenters. The number of amides is 1. The number of carbonyl (C=O) groups excluding carboxylic acids is 1. The Labute approximate surface area is 118 Å². The van der Waals surface area contributed by atoms with Crippen molar-refractivity contribution in [3.05, 3.63) is 57.0 Å². The van der Waals surface area contributed by atoms with Gasteiger partial charge in [0, 0.05) is 6.07 Å². The first-order valence-corrected chi connectivity index (χ1v) is 5.89. The molecule has 0 spiro atoms. The van der Waals surface area contributed by atoms with Crippen molar-refractivity contribution in [3.8, 4) is 0 Å². The average molecular weight is 293 g/mol. The second-order valence-electron chi connectivity index (χ2n) is 3.96. The van der Waals surface area contributed by atoms with E-state index in [1.165, 1.54) is 24.5 Å². The SMILES string of the molecule is Cc1ccc([N+](=O)[O-])c(C(=O)Nc2cnc(Cl)cn2)c1. The summed E-state index contributed by atoms with van der Waals surface area (Å²) in [7, 11) is 0. The number of nitrogens with zero attached hydrogens (tertiary/aromatic N) is 3. The molecule has 0 aliphatic carbocycles. The van der Waals surface area contributed by atoms with Gasteiger partial charge in [0.1, 0.15) is 10.7 Å². The lowest BCUT2D eigenvalue weighted by Gasteiger charge is -2.05.